The molecule has 4 nitrogen and oxygen atoms in total. The second-order valence-electron chi connectivity index (χ2n) is 3.41. The predicted molar refractivity (Wildman–Crippen MR) is 40.0 cm³/mol. The molecule has 0 aromatic rings. The lowest BCUT2D eigenvalue weighted by atomic mass is 9.83. The highest BCUT2D eigenvalue weighted by molar-refractivity contribution is 4.75. The van der Waals surface area contributed by atoms with E-state index in [1.54, 1.807) is 0 Å². The zero-order valence-electron chi connectivity index (χ0n) is 6.71. The Bertz CT molecular complexity index is 152. The summed E-state index contributed by atoms with van der Waals surface area (Å²) in [5.41, 5.74) is -0.123. The molecule has 1 fully saturated rings. The van der Waals surface area contributed by atoms with Gasteiger partial charge in [-0.15, -0.1) is 0 Å². The summed E-state index contributed by atoms with van der Waals surface area (Å²) >= 11 is 0. The molecule has 0 amide bonds. The summed E-state index contributed by atoms with van der Waals surface area (Å²) in [5, 5.41) is 10.2. The summed E-state index contributed by atoms with van der Waals surface area (Å²) in [5.74, 6) is 0. The van der Waals surface area contributed by atoms with Gasteiger partial charge in [0.05, 0.1) is 0 Å². The van der Waals surface area contributed by atoms with Crippen LogP contribution in [-0.4, -0.2) is 24.7 Å². The minimum atomic E-state index is -0.231. The summed E-state index contributed by atoms with van der Waals surface area (Å²) < 4.78 is 5.12. The minimum absolute atomic E-state index is 0.0797. The Labute approximate surface area is 65.7 Å². The Morgan fingerprint density at radius 2 is 2.09 bits per heavy atom. The van der Waals surface area contributed by atoms with Crippen LogP contribution in [0.3, 0.4) is 0 Å². The molecule has 0 aromatic heterocycles. The van der Waals surface area contributed by atoms with Crippen molar-refractivity contribution in [2.45, 2.75) is 19.8 Å². The van der Waals surface area contributed by atoms with Crippen LogP contribution in [0, 0.1) is 15.5 Å². The monoisotopic (exact) mass is 159 g/mol. The van der Waals surface area contributed by atoms with Crippen molar-refractivity contribution in [3.63, 3.8) is 0 Å². The van der Waals surface area contributed by atoms with Gasteiger partial charge in [0.2, 0.25) is 6.54 Å². The zero-order valence-corrected chi connectivity index (χ0v) is 6.71. The van der Waals surface area contributed by atoms with E-state index in [9.17, 15) is 10.1 Å². The lowest BCUT2D eigenvalue weighted by Crippen LogP contribution is -2.33. The Balaban J connectivity index is 2.43. The molecule has 0 aromatic carbocycles. The van der Waals surface area contributed by atoms with E-state index in [1.807, 2.05) is 6.92 Å². The van der Waals surface area contributed by atoms with Gasteiger partial charge in [-0.3, -0.25) is 10.1 Å². The third-order valence-corrected chi connectivity index (χ3v) is 2.21. The van der Waals surface area contributed by atoms with E-state index < -0.39 is 0 Å². The van der Waals surface area contributed by atoms with Crippen LogP contribution in [-0.2, 0) is 4.74 Å². The van der Waals surface area contributed by atoms with Gasteiger partial charge in [-0.2, -0.15) is 0 Å². The Hall–Kier alpha value is -0.640. The number of rotatable bonds is 2. The van der Waals surface area contributed by atoms with Gasteiger partial charge in [0.15, 0.2) is 0 Å². The van der Waals surface area contributed by atoms with Crippen molar-refractivity contribution in [3.05, 3.63) is 10.1 Å². The fraction of sp³-hybridized carbons (Fsp3) is 1.00. The first-order valence-electron chi connectivity index (χ1n) is 3.82. The molecule has 0 unspecified atom stereocenters. The molecular weight excluding hydrogens is 146 g/mol. The van der Waals surface area contributed by atoms with Crippen LogP contribution < -0.4 is 0 Å². The number of nitrogens with zero attached hydrogens (tertiary/aromatic N) is 1. The fourth-order valence-corrected chi connectivity index (χ4v) is 1.33. The maximum absolute atomic E-state index is 10.2. The summed E-state index contributed by atoms with van der Waals surface area (Å²) in [6, 6.07) is 0. The molecule has 1 rings (SSSR count). The summed E-state index contributed by atoms with van der Waals surface area (Å²) in [6.07, 6.45) is 1.63. The second-order valence-corrected chi connectivity index (χ2v) is 3.41. The smallest absolute Gasteiger partial charge is 0.209 e. The van der Waals surface area contributed by atoms with Crippen molar-refractivity contribution in [2.75, 3.05) is 19.8 Å². The van der Waals surface area contributed by atoms with Crippen molar-refractivity contribution < 1.29 is 9.66 Å². The highest BCUT2D eigenvalue weighted by Crippen LogP contribution is 2.29. The van der Waals surface area contributed by atoms with E-state index in [-0.39, 0.29) is 16.9 Å². The van der Waals surface area contributed by atoms with Gasteiger partial charge in [0.1, 0.15) is 0 Å². The quantitative estimate of drug-likeness (QED) is 0.447. The van der Waals surface area contributed by atoms with E-state index in [2.05, 4.69) is 0 Å². The highest BCUT2D eigenvalue weighted by atomic mass is 16.6. The van der Waals surface area contributed by atoms with Gasteiger partial charge >= 0.3 is 0 Å². The van der Waals surface area contributed by atoms with Gasteiger partial charge in [-0.1, -0.05) is 6.92 Å². The van der Waals surface area contributed by atoms with Gasteiger partial charge < -0.3 is 4.74 Å². The van der Waals surface area contributed by atoms with E-state index in [0.717, 1.165) is 12.8 Å². The van der Waals surface area contributed by atoms with E-state index in [4.69, 9.17) is 4.74 Å². The third-order valence-electron chi connectivity index (χ3n) is 2.21. The SMILES string of the molecule is CC1(C[N+](=O)[O-])CCOCC1. The predicted octanol–water partition coefficient (Wildman–Crippen LogP) is 1.08. The summed E-state index contributed by atoms with van der Waals surface area (Å²) in [7, 11) is 0. The number of ether oxygens (including phenoxy) is 1. The molecule has 1 heterocycles. The van der Waals surface area contributed by atoms with E-state index >= 15 is 0 Å². The fourth-order valence-electron chi connectivity index (χ4n) is 1.33. The van der Waals surface area contributed by atoms with Crippen LogP contribution in [0.5, 0.6) is 0 Å². The minimum Gasteiger partial charge on any atom is -0.381 e. The molecule has 0 spiro atoms. The van der Waals surface area contributed by atoms with Gasteiger partial charge in [-0.25, -0.2) is 0 Å². The Morgan fingerprint density at radius 3 is 2.55 bits per heavy atom. The average Bonchev–Trinajstić information content (AvgIpc) is 1.85. The molecule has 0 aliphatic carbocycles. The molecule has 4 heteroatoms. The number of hydrogen-bond acceptors (Lipinski definition) is 3. The normalized spacial score (nSPS) is 23.0. The molecule has 64 valence electrons. The lowest BCUT2D eigenvalue weighted by Gasteiger charge is -2.29. The molecule has 11 heavy (non-hydrogen) atoms. The first-order chi connectivity index (χ1) is 5.12. The highest BCUT2D eigenvalue weighted by Gasteiger charge is 2.32. The number of hydrogen-bond donors (Lipinski definition) is 0. The lowest BCUT2D eigenvalue weighted by molar-refractivity contribution is -0.498. The van der Waals surface area contributed by atoms with Crippen molar-refractivity contribution in [3.8, 4) is 0 Å². The van der Waals surface area contributed by atoms with Gasteiger partial charge in [-0.05, 0) is 12.8 Å². The van der Waals surface area contributed by atoms with Crippen LogP contribution >= 0.6 is 0 Å². The first kappa shape index (κ1) is 8.46. The molecule has 0 N–H and O–H groups in total. The van der Waals surface area contributed by atoms with Crippen molar-refractivity contribution >= 4 is 0 Å². The van der Waals surface area contributed by atoms with Gasteiger partial charge in [0.25, 0.3) is 0 Å². The largest absolute Gasteiger partial charge is 0.381 e. The van der Waals surface area contributed by atoms with Crippen LogP contribution in [0.1, 0.15) is 19.8 Å². The first-order valence-corrected chi connectivity index (χ1v) is 3.82. The molecular formula is C7H13NO3. The van der Waals surface area contributed by atoms with Crippen LogP contribution in [0.4, 0.5) is 0 Å². The van der Waals surface area contributed by atoms with Gasteiger partial charge in [0, 0.05) is 23.6 Å². The molecule has 0 radical (unpaired) electrons. The van der Waals surface area contributed by atoms with E-state index in [0.29, 0.717) is 13.2 Å². The summed E-state index contributed by atoms with van der Waals surface area (Å²) in [6.45, 7) is 3.38. The molecule has 1 aliphatic heterocycles. The Kier molecular flexibility index (Phi) is 2.44. The molecule has 0 bridgehead atoms. The standard InChI is InChI=1S/C7H13NO3/c1-7(6-8(9)10)2-4-11-5-3-7/h2-6H2,1H3. The second kappa shape index (κ2) is 3.17. The maximum atomic E-state index is 10.2. The topological polar surface area (TPSA) is 52.4 Å². The van der Waals surface area contributed by atoms with Crippen LogP contribution in [0.2, 0.25) is 0 Å². The molecule has 1 saturated heterocycles. The summed E-state index contributed by atoms with van der Waals surface area (Å²) in [4.78, 5) is 10.0. The zero-order chi connectivity index (χ0) is 8.32. The Morgan fingerprint density at radius 1 is 1.55 bits per heavy atom. The number of nitro groups is 1. The third kappa shape index (κ3) is 2.46. The molecule has 1 aliphatic rings. The van der Waals surface area contributed by atoms with Crippen molar-refractivity contribution in [1.82, 2.24) is 0 Å². The van der Waals surface area contributed by atoms with Crippen molar-refractivity contribution in [2.24, 2.45) is 5.41 Å². The van der Waals surface area contributed by atoms with Crippen LogP contribution in [0.25, 0.3) is 0 Å². The maximum Gasteiger partial charge on any atom is 0.209 e. The van der Waals surface area contributed by atoms with Crippen LogP contribution in [0.15, 0.2) is 0 Å². The molecule has 0 saturated carbocycles. The van der Waals surface area contributed by atoms with Crippen molar-refractivity contribution in [1.29, 1.82) is 0 Å². The average molecular weight is 159 g/mol. The molecule has 0 atom stereocenters. The van der Waals surface area contributed by atoms with E-state index in [1.165, 1.54) is 0 Å².